The van der Waals surface area contributed by atoms with E-state index < -0.39 is 0 Å². The monoisotopic (exact) mass is 381 g/mol. The molecule has 138 valence electrons. The van der Waals surface area contributed by atoms with E-state index in [-0.39, 0.29) is 11.9 Å². The fourth-order valence-corrected chi connectivity index (χ4v) is 3.37. The van der Waals surface area contributed by atoms with E-state index in [1.807, 2.05) is 47.0 Å². The van der Waals surface area contributed by atoms with Crippen LogP contribution in [-0.4, -0.2) is 39.6 Å². The van der Waals surface area contributed by atoms with E-state index in [0.29, 0.717) is 10.7 Å². The molecule has 3 aromatic rings. The number of anilines is 1. The predicted octanol–water partition coefficient (Wildman–Crippen LogP) is 3.32. The van der Waals surface area contributed by atoms with E-state index in [2.05, 4.69) is 20.2 Å². The van der Waals surface area contributed by atoms with Gasteiger partial charge in [0.05, 0.1) is 0 Å². The molecule has 4 rings (SSSR count). The molecule has 1 aliphatic rings. The number of rotatable bonds is 4. The maximum Gasteiger partial charge on any atom is 0.271 e. The van der Waals surface area contributed by atoms with Crippen LogP contribution in [0.25, 0.3) is 5.69 Å². The van der Waals surface area contributed by atoms with Gasteiger partial charge in [-0.25, -0.2) is 9.97 Å². The van der Waals surface area contributed by atoms with Gasteiger partial charge in [0.25, 0.3) is 5.91 Å². The van der Waals surface area contributed by atoms with Crippen molar-refractivity contribution < 1.29 is 4.79 Å². The maximum atomic E-state index is 12.5. The van der Waals surface area contributed by atoms with Gasteiger partial charge in [-0.05, 0) is 49.2 Å². The largest absolute Gasteiger partial charge is 0.356 e. The highest BCUT2D eigenvalue weighted by atomic mass is 35.5. The van der Waals surface area contributed by atoms with Gasteiger partial charge in [0, 0.05) is 42.2 Å². The van der Waals surface area contributed by atoms with Crippen molar-refractivity contribution in [1.29, 1.82) is 0 Å². The Balaban J connectivity index is 1.34. The van der Waals surface area contributed by atoms with Crippen molar-refractivity contribution in [1.82, 2.24) is 19.9 Å². The zero-order valence-electron chi connectivity index (χ0n) is 14.8. The minimum Gasteiger partial charge on any atom is -0.356 e. The van der Waals surface area contributed by atoms with E-state index in [1.165, 1.54) is 0 Å². The maximum absolute atomic E-state index is 12.5. The van der Waals surface area contributed by atoms with Crippen molar-refractivity contribution in [3.63, 3.8) is 0 Å². The average molecular weight is 382 g/mol. The molecular weight excluding hydrogens is 362 g/mol. The van der Waals surface area contributed by atoms with Gasteiger partial charge in [0.1, 0.15) is 17.8 Å². The van der Waals surface area contributed by atoms with Gasteiger partial charge < -0.3 is 14.8 Å². The summed E-state index contributed by atoms with van der Waals surface area (Å²) in [5.41, 5.74) is 1.33. The topological polar surface area (TPSA) is 63.1 Å². The van der Waals surface area contributed by atoms with Crippen LogP contribution in [0.5, 0.6) is 0 Å². The van der Waals surface area contributed by atoms with Gasteiger partial charge in [-0.3, -0.25) is 4.79 Å². The van der Waals surface area contributed by atoms with Crippen molar-refractivity contribution in [3.8, 4) is 5.69 Å². The first-order valence-electron chi connectivity index (χ1n) is 8.96. The molecule has 1 saturated heterocycles. The minimum absolute atomic E-state index is 0.140. The lowest BCUT2D eigenvalue weighted by Gasteiger charge is -2.33. The van der Waals surface area contributed by atoms with E-state index in [0.717, 1.165) is 37.4 Å². The number of carbonyl (C=O) groups excluding carboxylic acids is 1. The van der Waals surface area contributed by atoms with E-state index >= 15 is 0 Å². The summed E-state index contributed by atoms with van der Waals surface area (Å²) in [6.45, 7) is 1.75. The number of carbonyl (C=O) groups is 1. The summed E-state index contributed by atoms with van der Waals surface area (Å²) >= 11 is 5.92. The number of imidazole rings is 1. The van der Waals surface area contributed by atoms with Crippen LogP contribution < -0.4 is 10.2 Å². The predicted molar refractivity (Wildman–Crippen MR) is 106 cm³/mol. The second-order valence-electron chi connectivity index (χ2n) is 6.57. The molecule has 1 aliphatic heterocycles. The third-order valence-corrected chi connectivity index (χ3v) is 5.00. The Hall–Kier alpha value is -2.86. The summed E-state index contributed by atoms with van der Waals surface area (Å²) in [5.74, 6) is 0.850. The molecule has 6 nitrogen and oxygen atoms in total. The molecule has 0 spiro atoms. The third-order valence-electron chi connectivity index (χ3n) is 4.74. The van der Waals surface area contributed by atoms with Crippen LogP contribution >= 0.6 is 11.6 Å². The Morgan fingerprint density at radius 3 is 2.56 bits per heavy atom. The smallest absolute Gasteiger partial charge is 0.271 e. The molecule has 1 N–H and O–H groups in total. The highest BCUT2D eigenvalue weighted by Crippen LogP contribution is 2.18. The lowest BCUT2D eigenvalue weighted by molar-refractivity contribution is 0.0926. The first-order valence-corrected chi connectivity index (χ1v) is 9.33. The van der Waals surface area contributed by atoms with Crippen molar-refractivity contribution in [2.45, 2.75) is 18.9 Å². The normalized spacial score (nSPS) is 14.9. The summed E-state index contributed by atoms with van der Waals surface area (Å²) in [5, 5.41) is 3.77. The van der Waals surface area contributed by atoms with Crippen LogP contribution in [0.15, 0.2) is 61.2 Å². The summed E-state index contributed by atoms with van der Waals surface area (Å²) < 4.78 is 1.81. The number of hydrogen-bond acceptors (Lipinski definition) is 4. The molecule has 0 unspecified atom stereocenters. The molecule has 1 amide bonds. The molecule has 2 aromatic heterocycles. The van der Waals surface area contributed by atoms with Gasteiger partial charge in [0.15, 0.2) is 0 Å². The van der Waals surface area contributed by atoms with Crippen LogP contribution in [-0.2, 0) is 0 Å². The molecule has 0 radical (unpaired) electrons. The van der Waals surface area contributed by atoms with Gasteiger partial charge >= 0.3 is 0 Å². The Morgan fingerprint density at radius 1 is 1.07 bits per heavy atom. The fraction of sp³-hybridized carbons (Fsp3) is 0.250. The number of aromatic nitrogens is 3. The second kappa shape index (κ2) is 7.80. The van der Waals surface area contributed by atoms with Crippen LogP contribution in [0.3, 0.4) is 0 Å². The SMILES string of the molecule is O=C(NC1CCN(c2ccccn2)CC1)c1cn(-c2ccc(Cl)cc2)cn1. The standard InChI is InChI=1S/C20H20ClN5O/c21-15-4-6-17(7-5-15)26-13-18(23-14-26)20(27)24-16-8-11-25(12-9-16)19-3-1-2-10-22-19/h1-7,10,13-14,16H,8-9,11-12H2,(H,24,27). The fourth-order valence-electron chi connectivity index (χ4n) is 3.25. The van der Waals surface area contributed by atoms with Crippen molar-refractivity contribution in [2.24, 2.45) is 0 Å². The van der Waals surface area contributed by atoms with Gasteiger partial charge in [0.2, 0.25) is 0 Å². The third kappa shape index (κ3) is 4.11. The average Bonchev–Trinajstić information content (AvgIpc) is 3.20. The van der Waals surface area contributed by atoms with Crippen LogP contribution in [0.1, 0.15) is 23.3 Å². The highest BCUT2D eigenvalue weighted by molar-refractivity contribution is 6.30. The number of pyridine rings is 1. The van der Waals surface area contributed by atoms with Crippen LogP contribution in [0.2, 0.25) is 5.02 Å². The molecule has 0 saturated carbocycles. The van der Waals surface area contributed by atoms with Crippen molar-refractivity contribution in [2.75, 3.05) is 18.0 Å². The molecule has 7 heteroatoms. The zero-order valence-corrected chi connectivity index (χ0v) is 15.5. The zero-order chi connectivity index (χ0) is 18.6. The van der Waals surface area contributed by atoms with Crippen molar-refractivity contribution in [3.05, 3.63) is 71.9 Å². The quantitative estimate of drug-likeness (QED) is 0.753. The first kappa shape index (κ1) is 17.5. The Bertz CT molecular complexity index is 902. The lowest BCUT2D eigenvalue weighted by atomic mass is 10.0. The number of piperidine rings is 1. The number of benzene rings is 1. The highest BCUT2D eigenvalue weighted by Gasteiger charge is 2.22. The summed E-state index contributed by atoms with van der Waals surface area (Å²) in [6.07, 6.45) is 6.96. The molecular formula is C20H20ClN5O. The molecule has 0 aliphatic carbocycles. The molecule has 0 atom stereocenters. The van der Waals surface area contributed by atoms with Crippen molar-refractivity contribution >= 4 is 23.3 Å². The molecule has 27 heavy (non-hydrogen) atoms. The van der Waals surface area contributed by atoms with Crippen LogP contribution in [0, 0.1) is 0 Å². The minimum atomic E-state index is -0.140. The first-order chi connectivity index (χ1) is 13.2. The number of amides is 1. The van der Waals surface area contributed by atoms with Gasteiger partial charge in [-0.1, -0.05) is 17.7 Å². The molecule has 0 bridgehead atoms. The van der Waals surface area contributed by atoms with Crippen LogP contribution in [0.4, 0.5) is 5.82 Å². The number of hydrogen-bond donors (Lipinski definition) is 1. The summed E-state index contributed by atoms with van der Waals surface area (Å²) in [7, 11) is 0. The van der Waals surface area contributed by atoms with Gasteiger partial charge in [-0.2, -0.15) is 0 Å². The molecule has 1 aromatic carbocycles. The molecule has 1 fully saturated rings. The Morgan fingerprint density at radius 2 is 1.85 bits per heavy atom. The Kier molecular flexibility index (Phi) is 5.07. The summed E-state index contributed by atoms with van der Waals surface area (Å²) in [4.78, 5) is 23.4. The van der Waals surface area contributed by atoms with E-state index in [9.17, 15) is 4.79 Å². The summed E-state index contributed by atoms with van der Waals surface area (Å²) in [6, 6.07) is 13.5. The lowest BCUT2D eigenvalue weighted by Crippen LogP contribution is -2.45. The number of nitrogens with zero attached hydrogens (tertiary/aromatic N) is 4. The van der Waals surface area contributed by atoms with E-state index in [4.69, 9.17) is 11.6 Å². The number of halogens is 1. The molecule has 3 heterocycles. The second-order valence-corrected chi connectivity index (χ2v) is 7.00. The Labute approximate surface area is 162 Å². The van der Waals surface area contributed by atoms with Gasteiger partial charge in [-0.15, -0.1) is 0 Å². The number of nitrogens with one attached hydrogen (secondary N) is 1. The van der Waals surface area contributed by atoms with E-state index in [1.54, 1.807) is 18.7 Å².